The van der Waals surface area contributed by atoms with Crippen molar-refractivity contribution in [2.45, 2.75) is 63.8 Å². The summed E-state index contributed by atoms with van der Waals surface area (Å²) in [5.41, 5.74) is 0. The summed E-state index contributed by atoms with van der Waals surface area (Å²) in [5.74, 6) is 0.118. The first-order valence-corrected chi connectivity index (χ1v) is 6.35. The van der Waals surface area contributed by atoms with Gasteiger partial charge in [0.15, 0.2) is 0 Å². The van der Waals surface area contributed by atoms with Crippen LogP contribution < -0.4 is 10.6 Å². The van der Waals surface area contributed by atoms with Crippen LogP contribution in [0.3, 0.4) is 0 Å². The van der Waals surface area contributed by atoms with Crippen molar-refractivity contribution in [3.05, 3.63) is 0 Å². The summed E-state index contributed by atoms with van der Waals surface area (Å²) in [7, 11) is 0. The van der Waals surface area contributed by atoms with E-state index in [4.69, 9.17) is 4.74 Å². The molecular weight excluding hydrogens is 204 g/mol. The van der Waals surface area contributed by atoms with Crippen LogP contribution in [0.1, 0.15) is 39.5 Å². The number of nitrogens with one attached hydrogen (secondary N) is 2. The molecule has 1 amide bonds. The summed E-state index contributed by atoms with van der Waals surface area (Å²) in [4.78, 5) is 11.7. The van der Waals surface area contributed by atoms with E-state index < -0.39 is 0 Å². The lowest BCUT2D eigenvalue weighted by atomic mass is 10.1. The predicted molar refractivity (Wildman–Crippen MR) is 62.2 cm³/mol. The van der Waals surface area contributed by atoms with E-state index in [9.17, 15) is 4.79 Å². The Morgan fingerprint density at radius 1 is 1.31 bits per heavy atom. The quantitative estimate of drug-likeness (QED) is 0.729. The van der Waals surface area contributed by atoms with Gasteiger partial charge in [-0.1, -0.05) is 0 Å². The van der Waals surface area contributed by atoms with Gasteiger partial charge in [-0.05, 0) is 39.5 Å². The third-order valence-electron chi connectivity index (χ3n) is 3.35. The third kappa shape index (κ3) is 3.19. The summed E-state index contributed by atoms with van der Waals surface area (Å²) in [6, 6.07) is 0.567. The first-order chi connectivity index (χ1) is 7.66. The van der Waals surface area contributed by atoms with Crippen LogP contribution >= 0.6 is 0 Å². The van der Waals surface area contributed by atoms with Crippen molar-refractivity contribution in [1.82, 2.24) is 10.6 Å². The molecule has 0 aromatic heterocycles. The van der Waals surface area contributed by atoms with Crippen LogP contribution in [0.5, 0.6) is 0 Å². The molecule has 0 bridgehead atoms. The number of carbonyl (C=O) groups excluding carboxylic acids is 1. The molecule has 2 rings (SSSR count). The minimum atomic E-state index is -0.125. The Labute approximate surface area is 97.1 Å². The van der Waals surface area contributed by atoms with Gasteiger partial charge in [0.25, 0.3) is 0 Å². The predicted octanol–water partition coefficient (Wildman–Crippen LogP) is 0.811. The van der Waals surface area contributed by atoms with E-state index in [1.54, 1.807) is 0 Å². The molecule has 3 unspecified atom stereocenters. The van der Waals surface area contributed by atoms with Gasteiger partial charge in [-0.25, -0.2) is 0 Å². The maximum absolute atomic E-state index is 11.7. The van der Waals surface area contributed by atoms with Gasteiger partial charge in [-0.2, -0.15) is 0 Å². The Hall–Kier alpha value is -0.610. The second-order valence-corrected chi connectivity index (χ2v) is 5.01. The van der Waals surface area contributed by atoms with Gasteiger partial charge in [-0.15, -0.1) is 0 Å². The summed E-state index contributed by atoms with van der Waals surface area (Å²) >= 11 is 0. The van der Waals surface area contributed by atoms with Gasteiger partial charge < -0.3 is 15.4 Å². The second-order valence-electron chi connectivity index (χ2n) is 5.01. The van der Waals surface area contributed by atoms with Crippen LogP contribution in [0.2, 0.25) is 0 Å². The third-order valence-corrected chi connectivity index (χ3v) is 3.35. The van der Waals surface area contributed by atoms with Crippen LogP contribution in [-0.2, 0) is 9.53 Å². The van der Waals surface area contributed by atoms with E-state index in [0.29, 0.717) is 6.04 Å². The fraction of sp³-hybridized carbons (Fsp3) is 0.917. The number of hydrogen-bond acceptors (Lipinski definition) is 3. The molecule has 0 aromatic carbocycles. The molecule has 1 saturated heterocycles. The minimum Gasteiger partial charge on any atom is -0.377 e. The number of rotatable bonds is 5. The maximum atomic E-state index is 11.7. The highest BCUT2D eigenvalue weighted by molar-refractivity contribution is 5.81. The zero-order valence-corrected chi connectivity index (χ0v) is 10.2. The van der Waals surface area contributed by atoms with Gasteiger partial charge in [0, 0.05) is 18.7 Å². The van der Waals surface area contributed by atoms with Gasteiger partial charge in [-0.3, -0.25) is 4.79 Å². The lowest BCUT2D eigenvalue weighted by Gasteiger charge is -2.23. The Balaban J connectivity index is 1.71. The van der Waals surface area contributed by atoms with Crippen molar-refractivity contribution in [1.29, 1.82) is 0 Å². The topological polar surface area (TPSA) is 50.4 Å². The molecule has 2 fully saturated rings. The number of ether oxygens (including phenoxy) is 1. The highest BCUT2D eigenvalue weighted by atomic mass is 16.5. The fourth-order valence-corrected chi connectivity index (χ4v) is 2.13. The fourth-order valence-electron chi connectivity index (χ4n) is 2.13. The molecule has 0 radical (unpaired) electrons. The molecule has 4 nitrogen and oxygen atoms in total. The maximum Gasteiger partial charge on any atom is 0.237 e. The summed E-state index contributed by atoms with van der Waals surface area (Å²) < 4.78 is 5.59. The molecule has 1 heterocycles. The van der Waals surface area contributed by atoms with Crippen LogP contribution in [0.4, 0.5) is 0 Å². The van der Waals surface area contributed by atoms with E-state index >= 15 is 0 Å². The zero-order chi connectivity index (χ0) is 11.5. The molecular formula is C12H22N2O2. The van der Waals surface area contributed by atoms with Gasteiger partial charge in [0.2, 0.25) is 5.91 Å². The molecule has 0 spiro atoms. The molecule has 3 atom stereocenters. The average molecular weight is 226 g/mol. The normalized spacial score (nSPS) is 28.8. The van der Waals surface area contributed by atoms with Gasteiger partial charge in [0.05, 0.1) is 12.1 Å². The van der Waals surface area contributed by atoms with Crippen molar-refractivity contribution in [2.24, 2.45) is 0 Å². The zero-order valence-electron chi connectivity index (χ0n) is 10.2. The largest absolute Gasteiger partial charge is 0.377 e. The lowest BCUT2D eigenvalue weighted by molar-refractivity contribution is -0.123. The van der Waals surface area contributed by atoms with Gasteiger partial charge >= 0.3 is 0 Å². The molecule has 1 aliphatic carbocycles. The monoisotopic (exact) mass is 226 g/mol. The van der Waals surface area contributed by atoms with Crippen LogP contribution in [0.15, 0.2) is 0 Å². The number of hydrogen-bond donors (Lipinski definition) is 2. The Morgan fingerprint density at radius 2 is 2.06 bits per heavy atom. The minimum absolute atomic E-state index is 0.118. The summed E-state index contributed by atoms with van der Waals surface area (Å²) in [5, 5.41) is 6.32. The highest BCUT2D eigenvalue weighted by Crippen LogP contribution is 2.19. The molecule has 4 heteroatoms. The van der Waals surface area contributed by atoms with Crippen LogP contribution in [-0.4, -0.2) is 36.7 Å². The Morgan fingerprint density at radius 3 is 2.62 bits per heavy atom. The van der Waals surface area contributed by atoms with Crippen molar-refractivity contribution >= 4 is 5.91 Å². The highest BCUT2D eigenvalue weighted by Gasteiger charge is 2.28. The molecule has 92 valence electrons. The molecule has 16 heavy (non-hydrogen) atoms. The van der Waals surface area contributed by atoms with E-state index in [1.807, 2.05) is 6.92 Å². The number of carbonyl (C=O) groups is 1. The summed E-state index contributed by atoms with van der Waals surface area (Å²) in [6.07, 6.45) is 4.79. The number of amides is 1. The van der Waals surface area contributed by atoms with E-state index in [1.165, 1.54) is 0 Å². The van der Waals surface area contributed by atoms with E-state index in [0.717, 1.165) is 32.3 Å². The smallest absolute Gasteiger partial charge is 0.237 e. The SMILES string of the molecule is CC(NC(C)C1CCCO1)C(=O)NC1CC1. The molecule has 0 aromatic rings. The first-order valence-electron chi connectivity index (χ1n) is 6.35. The molecule has 2 aliphatic rings. The molecule has 1 saturated carbocycles. The molecule has 2 N–H and O–H groups in total. The second kappa shape index (κ2) is 5.15. The van der Waals surface area contributed by atoms with Gasteiger partial charge in [0.1, 0.15) is 0 Å². The van der Waals surface area contributed by atoms with Crippen molar-refractivity contribution < 1.29 is 9.53 Å². The van der Waals surface area contributed by atoms with Crippen molar-refractivity contribution in [2.75, 3.05) is 6.61 Å². The Kier molecular flexibility index (Phi) is 3.82. The first kappa shape index (κ1) is 11.9. The summed E-state index contributed by atoms with van der Waals surface area (Å²) in [6.45, 7) is 4.87. The average Bonchev–Trinajstić information content (AvgIpc) is 2.89. The Bertz CT molecular complexity index is 247. The van der Waals surface area contributed by atoms with Crippen LogP contribution in [0.25, 0.3) is 0 Å². The standard InChI is InChI=1S/C12H22N2O2/c1-8(11-4-3-7-16-11)13-9(2)12(15)14-10-5-6-10/h8-11,13H,3-7H2,1-2H3,(H,14,15). The van der Waals surface area contributed by atoms with E-state index in [-0.39, 0.29) is 24.1 Å². The van der Waals surface area contributed by atoms with E-state index in [2.05, 4.69) is 17.6 Å². The van der Waals surface area contributed by atoms with Crippen molar-refractivity contribution in [3.8, 4) is 0 Å². The molecule has 1 aliphatic heterocycles. The lowest BCUT2D eigenvalue weighted by Crippen LogP contribution is -2.49. The van der Waals surface area contributed by atoms with Crippen molar-refractivity contribution in [3.63, 3.8) is 0 Å². The van der Waals surface area contributed by atoms with Crippen LogP contribution in [0, 0.1) is 0 Å².